The minimum Gasteiger partial charge on any atom is -0.431 e. The van der Waals surface area contributed by atoms with Crippen LogP contribution in [0.5, 0.6) is 0 Å². The Balaban J connectivity index is 1.13. The van der Waals surface area contributed by atoms with Crippen molar-refractivity contribution in [2.24, 2.45) is 5.16 Å². The summed E-state index contributed by atoms with van der Waals surface area (Å²) in [5.41, 5.74) is 9.17. The second-order valence-electron chi connectivity index (χ2n) is 13.5. The first-order valence-corrected chi connectivity index (χ1v) is 21.5. The lowest BCUT2D eigenvalue weighted by Crippen LogP contribution is -2.70. The topological polar surface area (TPSA) is 198 Å². The molecule has 2 aromatic heterocycles. The van der Waals surface area contributed by atoms with Gasteiger partial charge in [0.15, 0.2) is 5.13 Å². The fourth-order valence-electron chi connectivity index (χ4n) is 6.58. The molecule has 1 fully saturated rings. The summed E-state index contributed by atoms with van der Waals surface area (Å²) in [7, 11) is 0. The van der Waals surface area contributed by atoms with Crippen LogP contribution >= 0.6 is 34.6 Å². The number of carbonyl (C=O) groups excluding carboxylic acids is 4. The lowest BCUT2D eigenvalue weighted by molar-refractivity contribution is -0.169. The smallest absolute Gasteiger partial charge is 0.431 e. The first kappa shape index (κ1) is 41.8. The molecule has 4 atom stereocenters. The van der Waals surface area contributed by atoms with E-state index in [1.807, 2.05) is 97.2 Å². The highest BCUT2D eigenvalue weighted by atomic mass is 32.2. The highest BCUT2D eigenvalue weighted by molar-refractivity contribution is 8.00. The summed E-state index contributed by atoms with van der Waals surface area (Å²) in [6.07, 6.45) is 2.11. The normalized spacial score (nSPS) is 17.4. The van der Waals surface area contributed by atoms with Crippen molar-refractivity contribution in [2.45, 2.75) is 56.6 Å². The van der Waals surface area contributed by atoms with Gasteiger partial charge in [-0.1, -0.05) is 108 Å². The SMILES string of the molecule is CCC(C)OC(=O)OC(C)OC(=O)C1=C(/C=C\c2csnn2)CSC2C(NC(=O)/C=N\OC(c3ccccc3)(c3ccccc3)c3ccccc3-c3csc(N)n3)C(=O)N12. The molecule has 2 amide bonds. The predicted molar refractivity (Wildman–Crippen MR) is 228 cm³/mol. The van der Waals surface area contributed by atoms with Gasteiger partial charge in [-0.25, -0.2) is 14.6 Å². The van der Waals surface area contributed by atoms with Crippen LogP contribution in [-0.4, -0.2) is 79.2 Å². The zero-order chi connectivity index (χ0) is 42.2. The van der Waals surface area contributed by atoms with Crippen LogP contribution < -0.4 is 11.1 Å². The molecule has 0 bridgehead atoms. The summed E-state index contributed by atoms with van der Waals surface area (Å²) in [4.78, 5) is 65.7. The quantitative estimate of drug-likeness (QED) is 0.0280. The van der Waals surface area contributed by atoms with Crippen molar-refractivity contribution in [3.63, 3.8) is 0 Å². The van der Waals surface area contributed by atoms with Gasteiger partial charge in [0.25, 0.3) is 11.8 Å². The number of rotatable bonds is 15. The first-order chi connectivity index (χ1) is 29.1. The van der Waals surface area contributed by atoms with Gasteiger partial charge >= 0.3 is 12.1 Å². The zero-order valence-electron chi connectivity index (χ0n) is 32.5. The van der Waals surface area contributed by atoms with Crippen molar-refractivity contribution in [1.82, 2.24) is 24.8 Å². The van der Waals surface area contributed by atoms with Crippen LogP contribution in [0, 0.1) is 0 Å². The third-order valence-corrected chi connectivity index (χ3v) is 12.1. The van der Waals surface area contributed by atoms with Gasteiger partial charge in [0.2, 0.25) is 11.9 Å². The minimum absolute atomic E-state index is 0.0625. The average molecular weight is 866 g/mol. The van der Waals surface area contributed by atoms with E-state index in [1.54, 1.807) is 24.5 Å². The second kappa shape index (κ2) is 18.7. The number of anilines is 1. The number of esters is 1. The number of allylic oxidation sites excluding steroid dienone is 1. The maximum absolute atomic E-state index is 13.8. The van der Waals surface area contributed by atoms with Crippen molar-refractivity contribution < 1.29 is 38.2 Å². The fraction of sp³-hybridized carbons (Fsp3) is 0.238. The Morgan fingerprint density at radius 3 is 2.32 bits per heavy atom. The van der Waals surface area contributed by atoms with Crippen molar-refractivity contribution in [2.75, 3.05) is 11.5 Å². The fourth-order valence-corrected chi connectivity index (χ4v) is 8.88. The van der Waals surface area contributed by atoms with Gasteiger partial charge in [-0.15, -0.1) is 28.2 Å². The summed E-state index contributed by atoms with van der Waals surface area (Å²) < 4.78 is 19.6. The predicted octanol–water partition coefficient (Wildman–Crippen LogP) is 6.75. The Morgan fingerprint density at radius 1 is 0.967 bits per heavy atom. The van der Waals surface area contributed by atoms with Crippen molar-refractivity contribution in [3.8, 4) is 11.3 Å². The van der Waals surface area contributed by atoms with Crippen LogP contribution in [-0.2, 0) is 39.0 Å². The van der Waals surface area contributed by atoms with Crippen LogP contribution in [0.15, 0.2) is 118 Å². The van der Waals surface area contributed by atoms with Crippen molar-refractivity contribution >= 4 is 76.0 Å². The van der Waals surface area contributed by atoms with Crippen molar-refractivity contribution in [1.29, 1.82) is 0 Å². The standard InChI is InChI=1S/C42H39N7O8S3/c1-4-25(2)54-41(53)56-26(3)55-39(52)36-27(19-20-30-23-60-48-47-30)22-58-38-35(37(51)49(36)38)46-34(50)21-44-57-42(28-13-7-5-8-14-28,29-15-9-6-10-16-29)32-18-12-11-17-31(32)33-24-59-40(43)45-33/h5-21,23-26,35,38H,4,22H2,1-3H3,(H2,43,45)(H,46,50)/b20-19-,44-21-. The Labute approximate surface area is 357 Å². The summed E-state index contributed by atoms with van der Waals surface area (Å²) in [6.45, 7) is 4.91. The van der Waals surface area contributed by atoms with Gasteiger partial charge in [0.05, 0.1) is 11.4 Å². The third kappa shape index (κ3) is 8.95. The molecule has 4 unspecified atom stereocenters. The van der Waals surface area contributed by atoms with Gasteiger partial charge < -0.3 is 30.1 Å². The van der Waals surface area contributed by atoms with E-state index in [0.717, 1.165) is 34.4 Å². The summed E-state index contributed by atoms with van der Waals surface area (Å²) >= 11 is 3.81. The van der Waals surface area contributed by atoms with Gasteiger partial charge in [-0.2, -0.15) is 0 Å². The highest BCUT2D eigenvalue weighted by Crippen LogP contribution is 2.45. The number of β-lactam (4-membered cyclic amide) rings is 1. The number of carbonyl (C=O) groups is 4. The molecule has 0 radical (unpaired) electrons. The van der Waals surface area contributed by atoms with E-state index in [2.05, 4.69) is 25.0 Å². The number of fused-ring (bicyclic) bond motifs is 1. The number of nitrogens with one attached hydrogen (secondary N) is 1. The number of hydrogen-bond donors (Lipinski definition) is 2. The number of nitrogens with zero attached hydrogens (tertiary/aromatic N) is 5. The molecule has 4 heterocycles. The third-order valence-electron chi connectivity index (χ3n) is 9.55. The van der Waals surface area contributed by atoms with E-state index in [-0.39, 0.29) is 11.4 Å². The van der Waals surface area contributed by atoms with Crippen LogP contribution in [0.2, 0.25) is 0 Å². The molecule has 15 nitrogen and oxygen atoms in total. The Kier molecular flexibility index (Phi) is 13.0. The van der Waals surface area contributed by atoms with E-state index < -0.39 is 53.3 Å². The van der Waals surface area contributed by atoms with Crippen LogP contribution in [0.4, 0.5) is 9.93 Å². The number of aromatic nitrogens is 3. The van der Waals surface area contributed by atoms with E-state index in [4.69, 9.17) is 24.8 Å². The number of oxime groups is 1. The molecule has 5 aromatic rings. The highest BCUT2D eigenvalue weighted by Gasteiger charge is 2.54. The molecule has 1 saturated heterocycles. The molecule has 0 aliphatic carbocycles. The van der Waals surface area contributed by atoms with E-state index in [1.165, 1.54) is 34.9 Å². The second-order valence-corrected chi connectivity index (χ2v) is 16.1. The number of benzene rings is 3. The molecular formula is C42H39N7O8S3. The zero-order valence-corrected chi connectivity index (χ0v) is 34.9. The van der Waals surface area contributed by atoms with E-state index >= 15 is 0 Å². The number of amides is 2. The van der Waals surface area contributed by atoms with E-state index in [0.29, 0.717) is 34.1 Å². The van der Waals surface area contributed by atoms with Gasteiger partial charge in [-0.3, -0.25) is 14.5 Å². The lowest BCUT2D eigenvalue weighted by atomic mass is 9.78. The summed E-state index contributed by atoms with van der Waals surface area (Å²) in [5, 5.41) is 14.3. The average Bonchev–Trinajstić information content (AvgIpc) is 3.95. The molecule has 308 valence electrons. The number of nitrogens with two attached hydrogens (primary N) is 1. The summed E-state index contributed by atoms with van der Waals surface area (Å²) in [6, 6.07) is 25.6. The molecule has 0 saturated carbocycles. The van der Waals surface area contributed by atoms with Crippen molar-refractivity contribution in [3.05, 3.63) is 135 Å². The van der Waals surface area contributed by atoms with Gasteiger partial charge in [-0.05, 0) is 36.5 Å². The van der Waals surface area contributed by atoms with Crippen LogP contribution in [0.3, 0.4) is 0 Å². The molecule has 3 N–H and O–H groups in total. The molecule has 2 aliphatic rings. The Bertz CT molecular complexity index is 2390. The van der Waals surface area contributed by atoms with Gasteiger partial charge in [0.1, 0.15) is 29.4 Å². The Hall–Kier alpha value is -6.37. The first-order valence-electron chi connectivity index (χ1n) is 18.7. The molecule has 3 aromatic carbocycles. The van der Waals surface area contributed by atoms with Crippen LogP contribution in [0.25, 0.3) is 17.3 Å². The molecular weight excluding hydrogens is 827 g/mol. The Morgan fingerprint density at radius 2 is 1.67 bits per heavy atom. The molecule has 7 rings (SSSR count). The van der Waals surface area contributed by atoms with Crippen LogP contribution in [0.1, 0.15) is 49.6 Å². The van der Waals surface area contributed by atoms with Gasteiger partial charge in [0, 0.05) is 45.7 Å². The maximum Gasteiger partial charge on any atom is 0.511 e. The lowest BCUT2D eigenvalue weighted by Gasteiger charge is -2.49. The molecule has 2 aliphatic heterocycles. The number of hydrogen-bond acceptors (Lipinski definition) is 16. The summed E-state index contributed by atoms with van der Waals surface area (Å²) in [5.74, 6) is -1.91. The van der Waals surface area contributed by atoms with E-state index in [9.17, 15) is 19.2 Å². The molecule has 0 spiro atoms. The number of thiazole rings is 1. The number of ether oxygens (including phenoxy) is 3. The maximum atomic E-state index is 13.8. The number of nitrogen functional groups attached to an aromatic ring is 1. The monoisotopic (exact) mass is 865 g/mol. The largest absolute Gasteiger partial charge is 0.511 e. The minimum atomic E-state index is -1.37. The molecule has 18 heteroatoms. The molecule has 60 heavy (non-hydrogen) atoms. The number of thioether (sulfide) groups is 1.